The van der Waals surface area contributed by atoms with Crippen LogP contribution in [-0.2, 0) is 11.2 Å². The van der Waals surface area contributed by atoms with E-state index in [4.69, 9.17) is 0 Å². The van der Waals surface area contributed by atoms with Crippen molar-refractivity contribution in [3.8, 4) is 0 Å². The molecule has 2 heterocycles. The smallest absolute Gasteiger partial charge is 0.229 e. The number of carbonyl (C=O) groups is 1. The topological polar surface area (TPSA) is 58.1 Å². The molecule has 0 spiro atoms. The molecule has 6 heteroatoms. The minimum Gasteiger partial charge on any atom is -0.346 e. The highest BCUT2D eigenvalue weighted by Gasteiger charge is 2.27. The predicted molar refractivity (Wildman–Crippen MR) is 93.9 cm³/mol. The molecule has 1 amide bonds. The molecule has 122 valence electrons. The summed E-state index contributed by atoms with van der Waals surface area (Å²) in [6, 6.07) is 9.64. The van der Waals surface area contributed by atoms with E-state index in [1.807, 2.05) is 30.3 Å². The average molecular weight is 330 g/mol. The summed E-state index contributed by atoms with van der Waals surface area (Å²) in [4.78, 5) is 14.7. The van der Waals surface area contributed by atoms with Crippen LogP contribution in [0.4, 0.5) is 10.8 Å². The van der Waals surface area contributed by atoms with Crippen LogP contribution in [0.2, 0.25) is 0 Å². The van der Waals surface area contributed by atoms with E-state index < -0.39 is 0 Å². The molecular formula is C17H22N4OS. The summed E-state index contributed by atoms with van der Waals surface area (Å²) in [5, 5.41) is 13.6. The second-order valence-corrected chi connectivity index (χ2v) is 6.91. The number of carbonyl (C=O) groups excluding carboxylic acids is 1. The highest BCUT2D eigenvalue weighted by molar-refractivity contribution is 7.15. The number of hydrogen-bond acceptors (Lipinski definition) is 5. The molecule has 1 atom stereocenters. The molecule has 1 N–H and O–H groups in total. The van der Waals surface area contributed by atoms with E-state index in [9.17, 15) is 4.79 Å². The lowest BCUT2D eigenvalue weighted by Gasteiger charge is -2.31. The number of hydrogen-bond donors (Lipinski definition) is 1. The van der Waals surface area contributed by atoms with Crippen molar-refractivity contribution in [3.63, 3.8) is 0 Å². The molecule has 1 fully saturated rings. The zero-order valence-electron chi connectivity index (χ0n) is 13.4. The van der Waals surface area contributed by atoms with E-state index in [2.05, 4.69) is 27.3 Å². The third-order valence-electron chi connectivity index (χ3n) is 4.02. The first-order chi connectivity index (χ1) is 11.3. The van der Waals surface area contributed by atoms with Crippen LogP contribution in [0.1, 0.15) is 31.2 Å². The second-order valence-electron chi connectivity index (χ2n) is 5.87. The Bertz CT molecular complexity index is 643. The van der Waals surface area contributed by atoms with Gasteiger partial charge in [-0.15, -0.1) is 10.2 Å². The fourth-order valence-electron chi connectivity index (χ4n) is 2.82. The second kappa shape index (κ2) is 7.55. The quantitative estimate of drug-likeness (QED) is 0.913. The molecule has 3 rings (SSSR count). The van der Waals surface area contributed by atoms with Crippen molar-refractivity contribution >= 4 is 28.1 Å². The number of amides is 1. The lowest BCUT2D eigenvalue weighted by molar-refractivity contribution is -0.120. The Hall–Kier alpha value is -1.95. The van der Waals surface area contributed by atoms with Gasteiger partial charge in [-0.2, -0.15) is 0 Å². The minimum atomic E-state index is 0.00230. The van der Waals surface area contributed by atoms with Crippen LogP contribution in [-0.4, -0.2) is 29.2 Å². The van der Waals surface area contributed by atoms with Gasteiger partial charge in [0, 0.05) is 25.2 Å². The lowest BCUT2D eigenvalue weighted by atomic mass is 9.97. The fourth-order valence-corrected chi connectivity index (χ4v) is 3.79. The van der Waals surface area contributed by atoms with Gasteiger partial charge in [0.1, 0.15) is 5.01 Å². The third kappa shape index (κ3) is 4.07. The molecule has 1 saturated heterocycles. The van der Waals surface area contributed by atoms with E-state index >= 15 is 0 Å². The summed E-state index contributed by atoms with van der Waals surface area (Å²) < 4.78 is 0. The summed E-state index contributed by atoms with van der Waals surface area (Å²) in [6.07, 6.45) is 3.99. The first kappa shape index (κ1) is 15.9. The van der Waals surface area contributed by atoms with E-state index in [0.29, 0.717) is 0 Å². The maximum absolute atomic E-state index is 12.5. The van der Waals surface area contributed by atoms with Gasteiger partial charge in [0.05, 0.1) is 5.92 Å². The number of piperidine rings is 1. The Morgan fingerprint density at radius 2 is 2.17 bits per heavy atom. The van der Waals surface area contributed by atoms with Gasteiger partial charge in [-0.3, -0.25) is 4.79 Å². The van der Waals surface area contributed by atoms with Gasteiger partial charge in [-0.05, 0) is 31.4 Å². The molecule has 23 heavy (non-hydrogen) atoms. The molecule has 0 radical (unpaired) electrons. The van der Waals surface area contributed by atoms with Crippen LogP contribution in [0.15, 0.2) is 30.3 Å². The number of aryl methyl sites for hydroxylation is 1. The van der Waals surface area contributed by atoms with Crippen molar-refractivity contribution < 1.29 is 4.79 Å². The number of rotatable bonds is 5. The van der Waals surface area contributed by atoms with Crippen LogP contribution in [0.3, 0.4) is 0 Å². The van der Waals surface area contributed by atoms with Crippen molar-refractivity contribution in [2.24, 2.45) is 5.92 Å². The Labute approximate surface area is 140 Å². The Morgan fingerprint density at radius 3 is 2.96 bits per heavy atom. The number of para-hydroxylation sites is 1. The van der Waals surface area contributed by atoms with Crippen LogP contribution >= 0.6 is 11.3 Å². The molecule has 5 nitrogen and oxygen atoms in total. The molecular weight excluding hydrogens is 308 g/mol. The largest absolute Gasteiger partial charge is 0.346 e. The number of nitrogens with zero attached hydrogens (tertiary/aromatic N) is 3. The SMILES string of the molecule is CCCc1nnc(N2CCCC(C(=O)Nc3ccccc3)C2)s1. The summed E-state index contributed by atoms with van der Waals surface area (Å²) >= 11 is 1.65. The first-order valence-corrected chi connectivity index (χ1v) is 9.01. The van der Waals surface area contributed by atoms with Gasteiger partial charge in [-0.25, -0.2) is 0 Å². The molecule has 1 aliphatic rings. The highest BCUT2D eigenvalue weighted by Crippen LogP contribution is 2.27. The van der Waals surface area contributed by atoms with Crippen LogP contribution in [0.5, 0.6) is 0 Å². The average Bonchev–Trinajstić information content (AvgIpc) is 3.05. The fraction of sp³-hybridized carbons (Fsp3) is 0.471. The molecule has 1 unspecified atom stereocenters. The zero-order chi connectivity index (χ0) is 16.1. The highest BCUT2D eigenvalue weighted by atomic mass is 32.1. The normalized spacial score (nSPS) is 18.0. The van der Waals surface area contributed by atoms with Gasteiger partial charge >= 0.3 is 0 Å². The Kier molecular flexibility index (Phi) is 5.23. The number of nitrogens with one attached hydrogen (secondary N) is 1. The van der Waals surface area contributed by atoms with Crippen LogP contribution in [0, 0.1) is 5.92 Å². The van der Waals surface area contributed by atoms with E-state index in [0.717, 1.165) is 54.6 Å². The van der Waals surface area contributed by atoms with Crippen LogP contribution in [0.25, 0.3) is 0 Å². The number of aromatic nitrogens is 2. The first-order valence-electron chi connectivity index (χ1n) is 8.19. The summed E-state index contributed by atoms with van der Waals surface area (Å²) in [5.41, 5.74) is 0.857. The van der Waals surface area contributed by atoms with E-state index in [1.165, 1.54) is 0 Å². The Morgan fingerprint density at radius 1 is 1.35 bits per heavy atom. The van der Waals surface area contributed by atoms with Gasteiger partial charge < -0.3 is 10.2 Å². The Balaban J connectivity index is 1.62. The van der Waals surface area contributed by atoms with Gasteiger partial charge in [-0.1, -0.05) is 36.5 Å². The molecule has 2 aromatic rings. The number of benzene rings is 1. The molecule has 0 saturated carbocycles. The third-order valence-corrected chi connectivity index (χ3v) is 5.07. The summed E-state index contributed by atoms with van der Waals surface area (Å²) in [5.74, 6) is 0.0988. The molecule has 1 aliphatic heterocycles. The van der Waals surface area contributed by atoms with Crippen molar-refractivity contribution in [2.45, 2.75) is 32.6 Å². The number of anilines is 2. The van der Waals surface area contributed by atoms with Gasteiger partial charge in [0.15, 0.2) is 0 Å². The maximum Gasteiger partial charge on any atom is 0.229 e. The molecule has 0 bridgehead atoms. The van der Waals surface area contributed by atoms with Crippen molar-refractivity contribution in [1.82, 2.24) is 10.2 Å². The van der Waals surface area contributed by atoms with Gasteiger partial charge in [0.2, 0.25) is 11.0 Å². The van der Waals surface area contributed by atoms with Gasteiger partial charge in [0.25, 0.3) is 0 Å². The molecule has 1 aromatic carbocycles. The molecule has 1 aromatic heterocycles. The van der Waals surface area contributed by atoms with Crippen molar-refractivity contribution in [3.05, 3.63) is 35.3 Å². The van der Waals surface area contributed by atoms with E-state index in [1.54, 1.807) is 11.3 Å². The van der Waals surface area contributed by atoms with E-state index in [-0.39, 0.29) is 11.8 Å². The summed E-state index contributed by atoms with van der Waals surface area (Å²) in [6.45, 7) is 3.82. The predicted octanol–water partition coefficient (Wildman–Crippen LogP) is 3.35. The lowest BCUT2D eigenvalue weighted by Crippen LogP contribution is -2.40. The standard InChI is InChI=1S/C17H22N4OS/c1-2-7-15-19-20-17(23-15)21-11-6-8-13(12-21)16(22)18-14-9-4-3-5-10-14/h3-5,9-10,13H,2,6-8,11-12H2,1H3,(H,18,22). The monoisotopic (exact) mass is 330 g/mol. The molecule has 0 aliphatic carbocycles. The van der Waals surface area contributed by atoms with Crippen molar-refractivity contribution in [2.75, 3.05) is 23.3 Å². The zero-order valence-corrected chi connectivity index (χ0v) is 14.2. The minimum absolute atomic E-state index is 0.00230. The summed E-state index contributed by atoms with van der Waals surface area (Å²) in [7, 11) is 0. The maximum atomic E-state index is 12.5. The van der Waals surface area contributed by atoms with Crippen molar-refractivity contribution in [1.29, 1.82) is 0 Å². The van der Waals surface area contributed by atoms with Crippen LogP contribution < -0.4 is 10.2 Å².